The summed E-state index contributed by atoms with van der Waals surface area (Å²) in [4.78, 5) is 14.7. The molecule has 2 aliphatic heterocycles. The monoisotopic (exact) mass is 394 g/mol. The van der Waals surface area contributed by atoms with Crippen molar-refractivity contribution in [1.29, 1.82) is 0 Å². The number of nitrogens with zero attached hydrogens (tertiary/aromatic N) is 1. The number of carbonyl (C=O) groups is 1. The molecule has 0 aromatic heterocycles. The van der Waals surface area contributed by atoms with E-state index in [9.17, 15) is 9.90 Å². The molecule has 2 heterocycles. The zero-order valence-electron chi connectivity index (χ0n) is 16.4. The summed E-state index contributed by atoms with van der Waals surface area (Å²) in [7, 11) is 0. The highest BCUT2D eigenvalue weighted by atomic mass is 16.5. The predicted molar refractivity (Wildman–Crippen MR) is 112 cm³/mol. The minimum atomic E-state index is -0.123. The summed E-state index contributed by atoms with van der Waals surface area (Å²) in [5.41, 5.74) is 5.56. The average molecular weight is 394 g/mol. The number of anilines is 1. The highest BCUT2D eigenvalue weighted by Gasteiger charge is 2.32. The topological polar surface area (TPSA) is 82.0 Å². The summed E-state index contributed by atoms with van der Waals surface area (Å²) in [5.74, 6) is 0.528. The minimum absolute atomic E-state index is 0.115. The van der Waals surface area contributed by atoms with Crippen molar-refractivity contribution in [3.05, 3.63) is 64.7 Å². The van der Waals surface area contributed by atoms with E-state index in [1.165, 1.54) is 5.56 Å². The number of aliphatic hydroxyl groups excluding tert-OH is 2. The second-order valence-electron chi connectivity index (χ2n) is 7.38. The molecular formula is C23H26N2O4. The first-order chi connectivity index (χ1) is 14.2. The average Bonchev–Trinajstić information content (AvgIpc) is 3.29. The van der Waals surface area contributed by atoms with Gasteiger partial charge in [0.1, 0.15) is 12.4 Å². The Bertz CT molecular complexity index is 938. The lowest BCUT2D eigenvalue weighted by Gasteiger charge is -2.20. The molecule has 29 heavy (non-hydrogen) atoms. The molecule has 6 nitrogen and oxygen atoms in total. The van der Waals surface area contributed by atoms with Gasteiger partial charge < -0.3 is 25.2 Å². The zero-order chi connectivity index (χ0) is 20.2. The molecule has 2 aliphatic rings. The summed E-state index contributed by atoms with van der Waals surface area (Å²) >= 11 is 0. The maximum atomic E-state index is 12.5. The van der Waals surface area contributed by atoms with Gasteiger partial charge in [-0.3, -0.25) is 4.79 Å². The van der Waals surface area contributed by atoms with Crippen LogP contribution in [0.3, 0.4) is 0 Å². The van der Waals surface area contributed by atoms with Crippen molar-refractivity contribution in [3.63, 3.8) is 0 Å². The van der Waals surface area contributed by atoms with E-state index >= 15 is 0 Å². The van der Waals surface area contributed by atoms with Gasteiger partial charge in [0, 0.05) is 48.6 Å². The van der Waals surface area contributed by atoms with E-state index in [-0.39, 0.29) is 19.1 Å². The van der Waals surface area contributed by atoms with Crippen LogP contribution in [0, 0.1) is 0 Å². The standard InChI is InChI=1S/C23H26N2O4/c26-12-3-9-25(11-13-27)10-8-16-6-7-18-17(14-16)15-29-22(18)21-19-4-1-2-5-20(19)24-23(21)28/h1-2,4-7,14,26-27H,3,8-13,15H2,(H,24,28)/b22-21+. The number of nitrogens with one attached hydrogen (secondary N) is 1. The molecule has 0 fully saturated rings. The Morgan fingerprint density at radius 3 is 2.69 bits per heavy atom. The zero-order valence-corrected chi connectivity index (χ0v) is 16.4. The van der Waals surface area contributed by atoms with Gasteiger partial charge in [-0.05, 0) is 24.5 Å². The highest BCUT2D eigenvalue weighted by molar-refractivity contribution is 6.36. The van der Waals surface area contributed by atoms with Crippen molar-refractivity contribution < 1.29 is 19.7 Å². The maximum absolute atomic E-state index is 12.5. The van der Waals surface area contributed by atoms with E-state index < -0.39 is 0 Å². The van der Waals surface area contributed by atoms with E-state index in [0.29, 0.717) is 30.9 Å². The SMILES string of the molecule is O=C1Nc2ccccc2/C1=C1\OCc2cc(CCN(CCO)CCCO)ccc21. The third kappa shape index (κ3) is 4.05. The number of para-hydroxylation sites is 1. The number of benzene rings is 2. The summed E-state index contributed by atoms with van der Waals surface area (Å²) in [6, 6.07) is 13.9. The molecule has 2 aromatic rings. The number of aliphatic hydroxyl groups is 2. The fraction of sp³-hybridized carbons (Fsp3) is 0.348. The van der Waals surface area contributed by atoms with Gasteiger partial charge in [-0.25, -0.2) is 0 Å². The van der Waals surface area contributed by atoms with E-state index in [2.05, 4.69) is 22.3 Å². The molecule has 0 saturated carbocycles. The van der Waals surface area contributed by atoms with Crippen LogP contribution in [0.25, 0.3) is 11.3 Å². The first kappa shape index (κ1) is 19.6. The molecule has 0 saturated heterocycles. The number of amides is 1. The van der Waals surface area contributed by atoms with Crippen LogP contribution >= 0.6 is 0 Å². The first-order valence-electron chi connectivity index (χ1n) is 10.1. The fourth-order valence-electron chi connectivity index (χ4n) is 3.98. The lowest BCUT2D eigenvalue weighted by atomic mass is 9.98. The summed E-state index contributed by atoms with van der Waals surface area (Å²) < 4.78 is 5.95. The molecule has 1 amide bonds. The van der Waals surface area contributed by atoms with Crippen LogP contribution in [0.2, 0.25) is 0 Å². The van der Waals surface area contributed by atoms with Gasteiger partial charge in [0.05, 0.1) is 12.2 Å². The number of ether oxygens (including phenoxy) is 1. The van der Waals surface area contributed by atoms with Crippen LogP contribution in [0.15, 0.2) is 42.5 Å². The third-order valence-electron chi connectivity index (χ3n) is 5.45. The maximum Gasteiger partial charge on any atom is 0.260 e. The molecule has 6 heteroatoms. The van der Waals surface area contributed by atoms with Gasteiger partial charge >= 0.3 is 0 Å². The molecule has 2 aromatic carbocycles. The second-order valence-corrected chi connectivity index (χ2v) is 7.38. The fourth-order valence-corrected chi connectivity index (χ4v) is 3.98. The smallest absolute Gasteiger partial charge is 0.260 e. The van der Waals surface area contributed by atoms with Crippen LogP contribution < -0.4 is 5.32 Å². The van der Waals surface area contributed by atoms with Crippen molar-refractivity contribution in [2.24, 2.45) is 0 Å². The predicted octanol–water partition coefficient (Wildman–Crippen LogP) is 2.26. The molecule has 4 rings (SSSR count). The summed E-state index contributed by atoms with van der Waals surface area (Å²) in [6.07, 6.45) is 1.56. The largest absolute Gasteiger partial charge is 0.487 e. The van der Waals surface area contributed by atoms with Gasteiger partial charge in [0.15, 0.2) is 0 Å². The number of hydrogen-bond acceptors (Lipinski definition) is 5. The van der Waals surface area contributed by atoms with Gasteiger partial charge in [0.25, 0.3) is 5.91 Å². The Morgan fingerprint density at radius 1 is 1.00 bits per heavy atom. The molecule has 0 atom stereocenters. The highest BCUT2D eigenvalue weighted by Crippen LogP contribution is 2.41. The van der Waals surface area contributed by atoms with Gasteiger partial charge in [-0.1, -0.05) is 36.4 Å². The Morgan fingerprint density at radius 2 is 1.86 bits per heavy atom. The Labute approximate surface area is 170 Å². The molecule has 0 bridgehead atoms. The van der Waals surface area contributed by atoms with Gasteiger partial charge in [0.2, 0.25) is 0 Å². The van der Waals surface area contributed by atoms with Crippen LogP contribution in [-0.2, 0) is 22.6 Å². The van der Waals surface area contributed by atoms with Crippen LogP contribution in [0.5, 0.6) is 0 Å². The minimum Gasteiger partial charge on any atom is -0.487 e. The summed E-state index contributed by atoms with van der Waals surface area (Å²) in [5, 5.41) is 21.2. The van der Waals surface area contributed by atoms with Crippen LogP contribution in [0.4, 0.5) is 5.69 Å². The normalized spacial score (nSPS) is 17.3. The Balaban J connectivity index is 1.54. The van der Waals surface area contributed by atoms with Gasteiger partial charge in [-0.15, -0.1) is 0 Å². The number of fused-ring (bicyclic) bond motifs is 2. The Kier molecular flexibility index (Phi) is 5.94. The van der Waals surface area contributed by atoms with Crippen molar-refractivity contribution in [2.45, 2.75) is 19.4 Å². The molecule has 0 unspecified atom stereocenters. The lowest BCUT2D eigenvalue weighted by Crippen LogP contribution is -2.30. The molecule has 0 aliphatic carbocycles. The van der Waals surface area contributed by atoms with Crippen molar-refractivity contribution in [2.75, 3.05) is 38.2 Å². The van der Waals surface area contributed by atoms with E-state index in [1.807, 2.05) is 30.3 Å². The van der Waals surface area contributed by atoms with E-state index in [0.717, 1.165) is 41.9 Å². The van der Waals surface area contributed by atoms with Crippen molar-refractivity contribution >= 4 is 22.9 Å². The van der Waals surface area contributed by atoms with Crippen LogP contribution in [0.1, 0.15) is 28.7 Å². The third-order valence-corrected chi connectivity index (χ3v) is 5.45. The second kappa shape index (κ2) is 8.78. The quantitative estimate of drug-likeness (QED) is 0.599. The number of hydrogen-bond donors (Lipinski definition) is 3. The first-order valence-corrected chi connectivity index (χ1v) is 10.1. The van der Waals surface area contributed by atoms with E-state index in [4.69, 9.17) is 9.84 Å². The molecule has 152 valence electrons. The van der Waals surface area contributed by atoms with E-state index in [1.54, 1.807) is 0 Å². The Hall–Kier alpha value is -2.67. The van der Waals surface area contributed by atoms with Crippen molar-refractivity contribution in [1.82, 2.24) is 4.90 Å². The molecule has 0 spiro atoms. The molecular weight excluding hydrogens is 368 g/mol. The number of rotatable bonds is 8. The van der Waals surface area contributed by atoms with Gasteiger partial charge in [-0.2, -0.15) is 0 Å². The number of carbonyl (C=O) groups excluding carboxylic acids is 1. The molecule has 3 N–H and O–H groups in total. The van der Waals surface area contributed by atoms with Crippen LogP contribution in [-0.4, -0.2) is 53.9 Å². The lowest BCUT2D eigenvalue weighted by molar-refractivity contribution is -0.110. The molecule has 0 radical (unpaired) electrons. The van der Waals surface area contributed by atoms with Crippen molar-refractivity contribution in [3.8, 4) is 0 Å². The summed E-state index contributed by atoms with van der Waals surface area (Å²) in [6.45, 7) is 2.94.